The van der Waals surface area contributed by atoms with Crippen molar-refractivity contribution in [1.82, 2.24) is 15.3 Å². The molecule has 0 bridgehead atoms. The molecule has 2 N–H and O–H groups in total. The predicted molar refractivity (Wildman–Crippen MR) is 118 cm³/mol. The second kappa shape index (κ2) is 8.71. The summed E-state index contributed by atoms with van der Waals surface area (Å²) in [7, 11) is 0. The van der Waals surface area contributed by atoms with Crippen molar-refractivity contribution in [2.75, 3.05) is 11.9 Å². The maximum atomic E-state index is 12.1. The van der Waals surface area contributed by atoms with Gasteiger partial charge in [0.25, 0.3) is 5.91 Å². The standard InChI is InChI=1S/C22H18N4O3S/c1-14-9-10-15(21-26-20-18(29-21)8-5-11-23-20)12-17(14)24-22(30)25-19(27)13-28-16-6-3-2-4-7-16/h2-12H,13H2,1H3,(H2,24,25,27,30). The first-order chi connectivity index (χ1) is 14.6. The number of para-hydroxylation sites is 1. The van der Waals surface area contributed by atoms with E-state index in [1.54, 1.807) is 24.4 Å². The highest BCUT2D eigenvalue weighted by Gasteiger charge is 2.12. The number of ether oxygens (including phenoxy) is 1. The first-order valence-corrected chi connectivity index (χ1v) is 9.60. The maximum absolute atomic E-state index is 12.1. The van der Waals surface area contributed by atoms with Crippen molar-refractivity contribution >= 4 is 40.2 Å². The van der Waals surface area contributed by atoms with Crippen LogP contribution in [-0.2, 0) is 4.79 Å². The summed E-state index contributed by atoms with van der Waals surface area (Å²) in [5.41, 5.74) is 3.61. The van der Waals surface area contributed by atoms with Crippen molar-refractivity contribution in [3.05, 3.63) is 72.4 Å². The molecule has 2 aromatic carbocycles. The van der Waals surface area contributed by atoms with Crippen molar-refractivity contribution in [1.29, 1.82) is 0 Å². The predicted octanol–water partition coefficient (Wildman–Crippen LogP) is 4.09. The first-order valence-electron chi connectivity index (χ1n) is 9.20. The Labute approximate surface area is 178 Å². The highest BCUT2D eigenvalue weighted by molar-refractivity contribution is 7.80. The maximum Gasteiger partial charge on any atom is 0.264 e. The fraction of sp³-hybridized carbons (Fsp3) is 0.0909. The number of carbonyl (C=O) groups is 1. The Bertz CT molecular complexity index is 1170. The topological polar surface area (TPSA) is 89.3 Å². The molecular formula is C22H18N4O3S. The Kier molecular flexibility index (Phi) is 5.67. The van der Waals surface area contributed by atoms with Crippen LogP contribution in [-0.4, -0.2) is 27.6 Å². The van der Waals surface area contributed by atoms with Crippen molar-refractivity contribution in [3.8, 4) is 17.2 Å². The summed E-state index contributed by atoms with van der Waals surface area (Å²) in [5, 5.41) is 5.83. The van der Waals surface area contributed by atoms with Crippen molar-refractivity contribution in [2.24, 2.45) is 0 Å². The van der Waals surface area contributed by atoms with Crippen LogP contribution in [0.4, 0.5) is 5.69 Å². The summed E-state index contributed by atoms with van der Waals surface area (Å²) < 4.78 is 11.2. The van der Waals surface area contributed by atoms with Crippen LogP contribution in [0.1, 0.15) is 5.56 Å². The number of rotatable bonds is 5. The minimum absolute atomic E-state index is 0.138. The number of carbonyl (C=O) groups excluding carboxylic acids is 1. The highest BCUT2D eigenvalue weighted by atomic mass is 32.1. The highest BCUT2D eigenvalue weighted by Crippen LogP contribution is 2.27. The molecule has 150 valence electrons. The molecule has 30 heavy (non-hydrogen) atoms. The van der Waals surface area contributed by atoms with Gasteiger partial charge in [0, 0.05) is 17.4 Å². The molecular weight excluding hydrogens is 400 g/mol. The van der Waals surface area contributed by atoms with Gasteiger partial charge in [-0.15, -0.1) is 0 Å². The van der Waals surface area contributed by atoms with Crippen LogP contribution in [0.2, 0.25) is 0 Å². The van der Waals surface area contributed by atoms with Gasteiger partial charge in [-0.3, -0.25) is 10.1 Å². The van der Waals surface area contributed by atoms with Gasteiger partial charge in [-0.2, -0.15) is 4.98 Å². The summed E-state index contributed by atoms with van der Waals surface area (Å²) >= 11 is 5.27. The zero-order valence-electron chi connectivity index (χ0n) is 16.1. The molecule has 0 aliphatic heterocycles. The third kappa shape index (κ3) is 4.61. The molecule has 0 spiro atoms. The summed E-state index contributed by atoms with van der Waals surface area (Å²) in [6.45, 7) is 1.80. The second-order valence-corrected chi connectivity index (χ2v) is 6.89. The molecule has 7 nitrogen and oxygen atoms in total. The van der Waals surface area contributed by atoms with E-state index in [-0.39, 0.29) is 17.6 Å². The van der Waals surface area contributed by atoms with Crippen molar-refractivity contribution < 1.29 is 13.9 Å². The number of amides is 1. The summed E-state index contributed by atoms with van der Waals surface area (Å²) in [6.07, 6.45) is 1.67. The average molecular weight is 418 g/mol. The third-order valence-corrected chi connectivity index (χ3v) is 4.47. The summed E-state index contributed by atoms with van der Waals surface area (Å²) in [5.74, 6) is 0.719. The number of fused-ring (bicyclic) bond motifs is 1. The molecule has 2 heterocycles. The number of hydrogen-bond donors (Lipinski definition) is 2. The number of anilines is 1. The molecule has 0 aliphatic rings. The minimum Gasteiger partial charge on any atom is -0.484 e. The van der Waals surface area contributed by atoms with E-state index in [1.807, 2.05) is 49.4 Å². The Morgan fingerprint density at radius 3 is 2.77 bits per heavy atom. The van der Waals surface area contributed by atoms with Crippen molar-refractivity contribution in [3.63, 3.8) is 0 Å². The van der Waals surface area contributed by atoms with Gasteiger partial charge in [0.1, 0.15) is 5.75 Å². The van der Waals surface area contributed by atoms with Crippen molar-refractivity contribution in [2.45, 2.75) is 6.92 Å². The van der Waals surface area contributed by atoms with Gasteiger partial charge >= 0.3 is 0 Å². The smallest absolute Gasteiger partial charge is 0.264 e. The number of thiocarbonyl (C=S) groups is 1. The Hall–Kier alpha value is -3.78. The van der Waals surface area contributed by atoms with Gasteiger partial charge in [0.2, 0.25) is 5.89 Å². The molecule has 0 atom stereocenters. The average Bonchev–Trinajstić information content (AvgIpc) is 3.19. The van der Waals surface area contributed by atoms with Gasteiger partial charge in [0.05, 0.1) is 0 Å². The third-order valence-electron chi connectivity index (χ3n) is 4.26. The Morgan fingerprint density at radius 2 is 1.97 bits per heavy atom. The molecule has 4 aromatic rings. The number of benzene rings is 2. The Balaban J connectivity index is 1.41. The van der Waals surface area contributed by atoms with E-state index < -0.39 is 0 Å². The second-order valence-electron chi connectivity index (χ2n) is 6.48. The number of aromatic nitrogens is 2. The molecule has 0 fully saturated rings. The molecule has 0 saturated heterocycles. The molecule has 2 aromatic heterocycles. The number of pyridine rings is 1. The lowest BCUT2D eigenvalue weighted by atomic mass is 10.1. The number of hydrogen-bond acceptors (Lipinski definition) is 6. The van der Waals surface area contributed by atoms with E-state index in [0.29, 0.717) is 22.9 Å². The molecule has 0 aliphatic carbocycles. The quantitative estimate of drug-likeness (QED) is 0.472. The van der Waals surface area contributed by atoms with E-state index >= 15 is 0 Å². The van der Waals surface area contributed by atoms with Gasteiger partial charge < -0.3 is 14.5 Å². The molecule has 8 heteroatoms. The van der Waals surface area contributed by atoms with Crippen LogP contribution in [0.15, 0.2) is 71.3 Å². The van der Waals surface area contributed by atoms with Crippen LogP contribution in [0.25, 0.3) is 22.7 Å². The van der Waals surface area contributed by atoms with Crippen LogP contribution in [0.5, 0.6) is 5.75 Å². The van der Waals surface area contributed by atoms with Gasteiger partial charge in [-0.25, -0.2) is 4.98 Å². The van der Waals surface area contributed by atoms with E-state index in [1.165, 1.54) is 0 Å². The zero-order chi connectivity index (χ0) is 20.9. The fourth-order valence-electron chi connectivity index (χ4n) is 2.76. The summed E-state index contributed by atoms with van der Waals surface area (Å²) in [4.78, 5) is 20.7. The number of oxazole rings is 1. The monoisotopic (exact) mass is 418 g/mol. The Morgan fingerprint density at radius 1 is 1.13 bits per heavy atom. The lowest BCUT2D eigenvalue weighted by molar-refractivity contribution is -0.121. The number of nitrogens with zero attached hydrogens (tertiary/aromatic N) is 2. The fourth-order valence-corrected chi connectivity index (χ4v) is 2.99. The van der Waals surface area contributed by atoms with E-state index in [9.17, 15) is 4.79 Å². The van der Waals surface area contributed by atoms with E-state index in [2.05, 4.69) is 20.6 Å². The molecule has 4 rings (SSSR count). The van der Waals surface area contributed by atoms with Gasteiger partial charge in [-0.05, 0) is 61.1 Å². The lowest BCUT2D eigenvalue weighted by Gasteiger charge is -2.13. The van der Waals surface area contributed by atoms with Gasteiger partial charge in [-0.1, -0.05) is 24.3 Å². The van der Waals surface area contributed by atoms with E-state index in [4.69, 9.17) is 21.4 Å². The van der Waals surface area contributed by atoms with Gasteiger partial charge in [0.15, 0.2) is 22.9 Å². The SMILES string of the molecule is Cc1ccc(-c2nc3ncccc3o2)cc1NC(=S)NC(=O)COc1ccccc1. The molecule has 0 radical (unpaired) electrons. The summed E-state index contributed by atoms with van der Waals surface area (Å²) in [6, 6.07) is 18.4. The molecule has 1 amide bonds. The van der Waals surface area contributed by atoms with Crippen LogP contribution in [0.3, 0.4) is 0 Å². The number of aryl methyl sites for hydroxylation is 1. The minimum atomic E-state index is -0.352. The van der Waals surface area contributed by atoms with Crippen LogP contribution in [0, 0.1) is 6.92 Å². The first kappa shape index (κ1) is 19.5. The van der Waals surface area contributed by atoms with Crippen LogP contribution >= 0.6 is 12.2 Å². The normalized spacial score (nSPS) is 10.6. The number of nitrogens with one attached hydrogen (secondary N) is 2. The van der Waals surface area contributed by atoms with E-state index in [0.717, 1.165) is 16.8 Å². The largest absolute Gasteiger partial charge is 0.484 e. The molecule has 0 unspecified atom stereocenters. The molecule has 0 saturated carbocycles. The lowest BCUT2D eigenvalue weighted by Crippen LogP contribution is -2.37. The van der Waals surface area contributed by atoms with Crippen LogP contribution < -0.4 is 15.4 Å². The zero-order valence-corrected chi connectivity index (χ0v) is 16.9.